The van der Waals surface area contributed by atoms with Gasteiger partial charge < -0.3 is 9.53 Å². The van der Waals surface area contributed by atoms with Crippen molar-refractivity contribution in [2.24, 2.45) is 0 Å². The lowest BCUT2D eigenvalue weighted by Gasteiger charge is -2.01. The van der Waals surface area contributed by atoms with Crippen LogP contribution in [0.15, 0.2) is 24.3 Å². The lowest BCUT2D eigenvalue weighted by Crippen LogP contribution is -1.89. The van der Waals surface area contributed by atoms with Gasteiger partial charge in [0.1, 0.15) is 6.79 Å². The zero-order chi connectivity index (χ0) is 11.4. The number of ether oxygens (including phenoxy) is 1. The van der Waals surface area contributed by atoms with E-state index >= 15 is 0 Å². The molecular formula is C12H20O2. The van der Waals surface area contributed by atoms with Crippen LogP contribution in [0.2, 0.25) is 0 Å². The molecule has 80 valence electrons. The highest BCUT2D eigenvalue weighted by Gasteiger charge is 1.92. The Hall–Kier alpha value is -1.15. The highest BCUT2D eigenvalue weighted by Crippen LogP contribution is 2.06. The molecule has 0 aliphatic heterocycles. The molecule has 0 aliphatic carbocycles. The van der Waals surface area contributed by atoms with Crippen LogP contribution in [0.25, 0.3) is 0 Å². The summed E-state index contributed by atoms with van der Waals surface area (Å²) in [5.41, 5.74) is 2.56. The fourth-order valence-corrected chi connectivity index (χ4v) is 0.928. The van der Waals surface area contributed by atoms with Crippen molar-refractivity contribution in [3.8, 4) is 0 Å². The zero-order valence-electron chi connectivity index (χ0n) is 9.54. The molecule has 0 spiro atoms. The van der Waals surface area contributed by atoms with Crippen LogP contribution in [-0.4, -0.2) is 13.9 Å². The van der Waals surface area contributed by atoms with Gasteiger partial charge in [0, 0.05) is 7.11 Å². The molecule has 14 heavy (non-hydrogen) atoms. The average Bonchev–Trinajstić information content (AvgIpc) is 2.28. The first-order chi connectivity index (χ1) is 6.84. The molecule has 0 heterocycles. The Kier molecular flexibility index (Phi) is 13.0. The molecule has 2 heteroatoms. The van der Waals surface area contributed by atoms with Crippen molar-refractivity contribution in [1.29, 1.82) is 0 Å². The van der Waals surface area contributed by atoms with Crippen LogP contribution in [0.3, 0.4) is 0 Å². The molecule has 0 radical (unpaired) electrons. The quantitative estimate of drug-likeness (QED) is 0.727. The van der Waals surface area contributed by atoms with Crippen LogP contribution in [0, 0.1) is 6.92 Å². The fourth-order valence-electron chi connectivity index (χ4n) is 0.928. The van der Waals surface area contributed by atoms with E-state index in [2.05, 4.69) is 19.1 Å². The normalized spacial score (nSPS) is 7.71. The molecule has 1 aromatic carbocycles. The molecule has 0 atom stereocenters. The van der Waals surface area contributed by atoms with Crippen LogP contribution < -0.4 is 0 Å². The van der Waals surface area contributed by atoms with E-state index in [1.54, 1.807) is 7.11 Å². The summed E-state index contributed by atoms with van der Waals surface area (Å²) in [4.78, 5) is 8.00. The summed E-state index contributed by atoms with van der Waals surface area (Å²) in [6, 6.07) is 8.24. The molecule has 0 N–H and O–H groups in total. The Morgan fingerprint density at radius 1 is 1.21 bits per heavy atom. The molecule has 0 bridgehead atoms. The van der Waals surface area contributed by atoms with Crippen LogP contribution in [0.1, 0.15) is 25.0 Å². The fraction of sp³-hybridized carbons (Fsp3) is 0.417. The Labute approximate surface area is 86.9 Å². The summed E-state index contributed by atoms with van der Waals surface area (Å²) in [6.07, 6.45) is 0. The van der Waals surface area contributed by atoms with Crippen LogP contribution in [-0.2, 0) is 16.1 Å². The highest BCUT2D eigenvalue weighted by atomic mass is 16.5. The van der Waals surface area contributed by atoms with Crippen molar-refractivity contribution in [1.82, 2.24) is 0 Å². The molecule has 0 unspecified atom stereocenters. The lowest BCUT2D eigenvalue weighted by molar-refractivity contribution is -0.0979. The number of carbonyl (C=O) groups is 1. The van der Waals surface area contributed by atoms with Gasteiger partial charge in [-0.3, -0.25) is 0 Å². The molecule has 1 aromatic rings. The third kappa shape index (κ3) is 6.38. The van der Waals surface area contributed by atoms with Crippen molar-refractivity contribution < 1.29 is 9.53 Å². The van der Waals surface area contributed by atoms with Gasteiger partial charge in [-0.25, -0.2) is 0 Å². The Balaban J connectivity index is 0. The minimum Gasteiger partial charge on any atom is -0.380 e. The summed E-state index contributed by atoms with van der Waals surface area (Å²) in [7, 11) is 1.71. The number of benzene rings is 1. The lowest BCUT2D eigenvalue weighted by atomic mass is 10.1. The molecule has 0 amide bonds. The maximum atomic E-state index is 8.00. The van der Waals surface area contributed by atoms with Crippen molar-refractivity contribution in [3.63, 3.8) is 0 Å². The Bertz CT molecular complexity index is 221. The van der Waals surface area contributed by atoms with Crippen LogP contribution in [0.5, 0.6) is 0 Å². The van der Waals surface area contributed by atoms with E-state index in [0.717, 1.165) is 0 Å². The van der Waals surface area contributed by atoms with Crippen molar-refractivity contribution >= 4 is 6.79 Å². The maximum Gasteiger partial charge on any atom is 0.106 e. The Morgan fingerprint density at radius 2 is 1.71 bits per heavy atom. The second kappa shape index (κ2) is 11.8. The molecule has 0 fully saturated rings. The number of methoxy groups -OCH3 is 1. The molecule has 0 aromatic heterocycles. The molecule has 1 rings (SSSR count). The molecular weight excluding hydrogens is 176 g/mol. The van der Waals surface area contributed by atoms with Gasteiger partial charge in [-0.05, 0) is 18.1 Å². The van der Waals surface area contributed by atoms with Gasteiger partial charge in [0.15, 0.2) is 0 Å². The van der Waals surface area contributed by atoms with Gasteiger partial charge in [0.2, 0.25) is 0 Å². The first-order valence-electron chi connectivity index (χ1n) is 4.67. The molecule has 0 saturated heterocycles. The van der Waals surface area contributed by atoms with E-state index in [1.165, 1.54) is 11.1 Å². The highest BCUT2D eigenvalue weighted by molar-refractivity contribution is 5.24. The number of aryl methyl sites for hydroxylation is 1. The summed E-state index contributed by atoms with van der Waals surface area (Å²) >= 11 is 0. The van der Waals surface area contributed by atoms with E-state index in [-0.39, 0.29) is 0 Å². The minimum atomic E-state index is 0.715. The Morgan fingerprint density at radius 3 is 2.14 bits per heavy atom. The predicted molar refractivity (Wildman–Crippen MR) is 60.4 cm³/mol. The van der Waals surface area contributed by atoms with E-state index < -0.39 is 0 Å². The number of hydrogen-bond acceptors (Lipinski definition) is 2. The smallest absolute Gasteiger partial charge is 0.106 e. The first kappa shape index (κ1) is 15.3. The number of rotatable bonds is 2. The van der Waals surface area contributed by atoms with Crippen molar-refractivity contribution in [2.75, 3.05) is 7.11 Å². The monoisotopic (exact) mass is 196 g/mol. The first-order valence-corrected chi connectivity index (χ1v) is 4.67. The molecule has 2 nitrogen and oxygen atoms in total. The standard InChI is InChI=1S/C9H12O.C2H6.CH2O/c1-8-5-3-4-6-9(8)7-10-2;2*1-2/h3-6H,7H2,1-2H3;1-2H3;1H2. The summed E-state index contributed by atoms with van der Waals surface area (Å²) in [5, 5.41) is 0. The van der Waals surface area contributed by atoms with Gasteiger partial charge in [0.05, 0.1) is 6.61 Å². The van der Waals surface area contributed by atoms with Gasteiger partial charge >= 0.3 is 0 Å². The minimum absolute atomic E-state index is 0.715. The second-order valence-electron chi connectivity index (χ2n) is 2.36. The third-order valence-electron chi connectivity index (χ3n) is 1.56. The zero-order valence-corrected chi connectivity index (χ0v) is 9.54. The molecule has 0 saturated carbocycles. The van der Waals surface area contributed by atoms with Gasteiger partial charge in [0.25, 0.3) is 0 Å². The topological polar surface area (TPSA) is 26.3 Å². The molecule has 0 aliphatic rings. The second-order valence-corrected chi connectivity index (χ2v) is 2.36. The maximum absolute atomic E-state index is 8.00. The predicted octanol–water partition coefficient (Wildman–Crippen LogP) is 2.98. The van der Waals surface area contributed by atoms with Gasteiger partial charge in [-0.1, -0.05) is 38.1 Å². The van der Waals surface area contributed by atoms with Crippen LogP contribution >= 0.6 is 0 Å². The van der Waals surface area contributed by atoms with E-state index in [1.807, 2.05) is 32.8 Å². The summed E-state index contributed by atoms with van der Waals surface area (Å²) in [5.74, 6) is 0. The average molecular weight is 196 g/mol. The summed E-state index contributed by atoms with van der Waals surface area (Å²) < 4.78 is 5.01. The summed E-state index contributed by atoms with van der Waals surface area (Å²) in [6.45, 7) is 8.81. The van der Waals surface area contributed by atoms with Gasteiger partial charge in [-0.2, -0.15) is 0 Å². The van der Waals surface area contributed by atoms with Gasteiger partial charge in [-0.15, -0.1) is 0 Å². The number of carbonyl (C=O) groups excluding carboxylic acids is 1. The van der Waals surface area contributed by atoms with E-state index in [4.69, 9.17) is 9.53 Å². The van der Waals surface area contributed by atoms with Crippen molar-refractivity contribution in [2.45, 2.75) is 27.4 Å². The largest absolute Gasteiger partial charge is 0.380 e. The van der Waals surface area contributed by atoms with E-state index in [0.29, 0.717) is 6.61 Å². The SMILES string of the molecule is C=O.CC.COCc1ccccc1C. The van der Waals surface area contributed by atoms with Crippen molar-refractivity contribution in [3.05, 3.63) is 35.4 Å². The third-order valence-corrected chi connectivity index (χ3v) is 1.56. The van der Waals surface area contributed by atoms with E-state index in [9.17, 15) is 0 Å². The van der Waals surface area contributed by atoms with Crippen LogP contribution in [0.4, 0.5) is 0 Å². The number of hydrogen-bond donors (Lipinski definition) is 0.